The van der Waals surface area contributed by atoms with Crippen LogP contribution in [0.25, 0.3) is 0 Å². The van der Waals surface area contributed by atoms with Crippen LogP contribution in [0.15, 0.2) is 18.2 Å². The van der Waals surface area contributed by atoms with E-state index < -0.39 is 0 Å². The van der Waals surface area contributed by atoms with Gasteiger partial charge in [-0.15, -0.1) is 0 Å². The van der Waals surface area contributed by atoms with Crippen LogP contribution < -0.4 is 14.8 Å². The van der Waals surface area contributed by atoms with Crippen molar-refractivity contribution < 1.29 is 9.47 Å². The third kappa shape index (κ3) is 2.59. The summed E-state index contributed by atoms with van der Waals surface area (Å²) in [6, 6.07) is 6.20. The molecular formula is C14H19NO2S. The number of thioether (sulfide) groups is 1. The van der Waals surface area contributed by atoms with Crippen LogP contribution in [-0.4, -0.2) is 30.8 Å². The van der Waals surface area contributed by atoms with Gasteiger partial charge in [-0.1, -0.05) is 6.07 Å². The average Bonchev–Trinajstić information content (AvgIpc) is 3.19. The molecule has 0 spiro atoms. The second-order valence-corrected chi connectivity index (χ2v) is 6.24. The average molecular weight is 265 g/mol. The maximum absolute atomic E-state index is 5.59. The number of fused-ring (bicyclic) bond motifs is 1. The number of hydrogen-bond donors (Lipinski definition) is 1. The first-order chi connectivity index (χ1) is 8.81. The first-order valence-electron chi connectivity index (χ1n) is 6.46. The van der Waals surface area contributed by atoms with Gasteiger partial charge in [0.25, 0.3) is 0 Å². The van der Waals surface area contributed by atoms with E-state index in [0.717, 1.165) is 24.6 Å². The van der Waals surface area contributed by atoms with Crippen molar-refractivity contribution in [2.45, 2.75) is 24.1 Å². The Labute approximate surface area is 112 Å². The number of hydrogen-bond acceptors (Lipinski definition) is 4. The van der Waals surface area contributed by atoms with Gasteiger partial charge in [-0.25, -0.2) is 0 Å². The quantitative estimate of drug-likeness (QED) is 0.886. The normalized spacial score (nSPS) is 19.6. The van der Waals surface area contributed by atoms with Crippen LogP contribution in [0.5, 0.6) is 11.5 Å². The lowest BCUT2D eigenvalue weighted by Crippen LogP contribution is -2.25. The van der Waals surface area contributed by atoms with Crippen LogP contribution in [0, 0.1) is 0 Å². The van der Waals surface area contributed by atoms with Gasteiger partial charge in [0.2, 0.25) is 0 Å². The molecule has 1 fully saturated rings. The molecule has 0 amide bonds. The summed E-state index contributed by atoms with van der Waals surface area (Å²) >= 11 is 1.99. The summed E-state index contributed by atoms with van der Waals surface area (Å²) in [7, 11) is 0. The summed E-state index contributed by atoms with van der Waals surface area (Å²) in [4.78, 5) is 0. The number of rotatable bonds is 5. The maximum atomic E-state index is 5.59. The van der Waals surface area contributed by atoms with Gasteiger partial charge in [-0.3, -0.25) is 0 Å². The fraction of sp³-hybridized carbons (Fsp3) is 0.571. The van der Waals surface area contributed by atoms with E-state index in [1.807, 2.05) is 17.8 Å². The predicted octanol–water partition coefficient (Wildman–Crippen LogP) is 2.44. The molecule has 1 aromatic carbocycles. The van der Waals surface area contributed by atoms with Crippen molar-refractivity contribution in [3.8, 4) is 11.5 Å². The first-order valence-corrected chi connectivity index (χ1v) is 7.68. The van der Waals surface area contributed by atoms with Crippen LogP contribution in [-0.2, 0) is 6.54 Å². The Balaban J connectivity index is 1.56. The Morgan fingerprint density at radius 2 is 2.00 bits per heavy atom. The smallest absolute Gasteiger partial charge is 0.161 e. The van der Waals surface area contributed by atoms with Crippen LogP contribution in [0.3, 0.4) is 0 Å². The number of benzene rings is 1. The summed E-state index contributed by atoms with van der Waals surface area (Å²) < 4.78 is 11.6. The molecule has 0 aromatic heterocycles. The molecule has 0 saturated heterocycles. The molecule has 1 N–H and O–H groups in total. The summed E-state index contributed by atoms with van der Waals surface area (Å²) in [5, 5.41) is 3.54. The summed E-state index contributed by atoms with van der Waals surface area (Å²) in [5.74, 6) is 1.75. The second kappa shape index (κ2) is 5.02. The first kappa shape index (κ1) is 12.2. The van der Waals surface area contributed by atoms with Crippen molar-refractivity contribution in [1.29, 1.82) is 0 Å². The zero-order valence-corrected chi connectivity index (χ0v) is 11.5. The van der Waals surface area contributed by atoms with Crippen LogP contribution >= 0.6 is 11.8 Å². The lowest BCUT2D eigenvalue weighted by Gasteiger charge is -2.19. The molecule has 3 nitrogen and oxygen atoms in total. The topological polar surface area (TPSA) is 30.5 Å². The fourth-order valence-electron chi connectivity index (χ4n) is 2.22. The molecule has 0 bridgehead atoms. The molecule has 0 atom stereocenters. The van der Waals surface area contributed by atoms with Crippen molar-refractivity contribution in [2.75, 3.05) is 26.0 Å². The highest BCUT2D eigenvalue weighted by molar-refractivity contribution is 8.00. The highest BCUT2D eigenvalue weighted by atomic mass is 32.2. The highest BCUT2D eigenvalue weighted by Gasteiger charge is 2.41. The van der Waals surface area contributed by atoms with E-state index in [4.69, 9.17) is 9.47 Å². The van der Waals surface area contributed by atoms with E-state index in [2.05, 4.69) is 23.7 Å². The van der Waals surface area contributed by atoms with Gasteiger partial charge < -0.3 is 14.8 Å². The van der Waals surface area contributed by atoms with Gasteiger partial charge >= 0.3 is 0 Å². The van der Waals surface area contributed by atoms with Crippen molar-refractivity contribution in [3.05, 3.63) is 23.8 Å². The summed E-state index contributed by atoms with van der Waals surface area (Å²) in [6.45, 7) is 3.31. The molecule has 1 saturated carbocycles. The Bertz CT molecular complexity index is 432. The largest absolute Gasteiger partial charge is 0.486 e. The Hall–Kier alpha value is -0.870. The molecule has 1 aliphatic heterocycles. The molecule has 98 valence electrons. The molecule has 1 heterocycles. The molecule has 0 unspecified atom stereocenters. The standard InChI is InChI=1S/C14H19NO2S/c1-18-14(4-5-14)10-15-9-11-2-3-12-13(8-11)17-7-6-16-12/h2-3,8,15H,4-7,9-10H2,1H3. The third-order valence-corrected chi connectivity index (χ3v) is 5.04. The highest BCUT2D eigenvalue weighted by Crippen LogP contribution is 2.46. The van der Waals surface area contributed by atoms with E-state index in [0.29, 0.717) is 18.0 Å². The third-order valence-electron chi connectivity index (χ3n) is 3.62. The minimum Gasteiger partial charge on any atom is -0.486 e. The Morgan fingerprint density at radius 3 is 2.72 bits per heavy atom. The maximum Gasteiger partial charge on any atom is 0.161 e. The van der Waals surface area contributed by atoms with E-state index in [9.17, 15) is 0 Å². The van der Waals surface area contributed by atoms with Crippen molar-refractivity contribution in [3.63, 3.8) is 0 Å². The van der Waals surface area contributed by atoms with Gasteiger partial charge in [0.05, 0.1) is 0 Å². The minimum atomic E-state index is 0.522. The number of ether oxygens (including phenoxy) is 2. The number of nitrogens with one attached hydrogen (secondary N) is 1. The molecule has 4 heteroatoms. The Kier molecular flexibility index (Phi) is 3.39. The van der Waals surface area contributed by atoms with Gasteiger partial charge in [-0.2, -0.15) is 11.8 Å². The monoisotopic (exact) mass is 265 g/mol. The molecule has 1 aromatic rings. The molecular weight excluding hydrogens is 246 g/mol. The van der Waals surface area contributed by atoms with Crippen LogP contribution in [0.1, 0.15) is 18.4 Å². The zero-order chi connectivity index (χ0) is 12.4. The van der Waals surface area contributed by atoms with E-state index in [1.165, 1.54) is 18.4 Å². The molecule has 2 aliphatic rings. The lowest BCUT2D eigenvalue weighted by molar-refractivity contribution is 0.171. The van der Waals surface area contributed by atoms with E-state index in [-0.39, 0.29) is 0 Å². The molecule has 1 aliphatic carbocycles. The van der Waals surface area contributed by atoms with Gasteiger partial charge in [0.15, 0.2) is 11.5 Å². The molecule has 0 radical (unpaired) electrons. The van der Waals surface area contributed by atoms with Gasteiger partial charge in [0, 0.05) is 17.8 Å². The Morgan fingerprint density at radius 1 is 1.22 bits per heavy atom. The second-order valence-electron chi connectivity index (χ2n) is 4.97. The fourth-order valence-corrected chi connectivity index (χ4v) is 2.98. The predicted molar refractivity (Wildman–Crippen MR) is 74.6 cm³/mol. The molecule has 3 rings (SSSR count). The van der Waals surface area contributed by atoms with E-state index >= 15 is 0 Å². The SMILES string of the molecule is CSC1(CNCc2ccc3c(c2)OCCO3)CC1. The van der Waals surface area contributed by atoms with Gasteiger partial charge in [0.1, 0.15) is 13.2 Å². The molecule has 18 heavy (non-hydrogen) atoms. The lowest BCUT2D eigenvalue weighted by atomic mass is 10.2. The van der Waals surface area contributed by atoms with E-state index in [1.54, 1.807) is 0 Å². The zero-order valence-electron chi connectivity index (χ0n) is 10.7. The van der Waals surface area contributed by atoms with Crippen LogP contribution in [0.4, 0.5) is 0 Å². The minimum absolute atomic E-state index is 0.522. The van der Waals surface area contributed by atoms with Crippen LogP contribution in [0.2, 0.25) is 0 Å². The van der Waals surface area contributed by atoms with Crippen molar-refractivity contribution in [1.82, 2.24) is 5.32 Å². The van der Waals surface area contributed by atoms with Gasteiger partial charge in [-0.05, 0) is 36.8 Å². The van der Waals surface area contributed by atoms with Crippen molar-refractivity contribution >= 4 is 11.8 Å². The van der Waals surface area contributed by atoms with Crippen molar-refractivity contribution in [2.24, 2.45) is 0 Å². The summed E-state index contributed by atoms with van der Waals surface area (Å²) in [5.41, 5.74) is 1.26. The summed E-state index contributed by atoms with van der Waals surface area (Å²) in [6.07, 6.45) is 4.91.